The van der Waals surface area contributed by atoms with Gasteiger partial charge in [-0.2, -0.15) is 0 Å². The molecule has 9 nitrogen and oxygen atoms in total. The number of ether oxygens (including phenoxy) is 1. The van der Waals surface area contributed by atoms with Crippen LogP contribution >= 0.6 is 0 Å². The summed E-state index contributed by atoms with van der Waals surface area (Å²) in [6, 6.07) is 4.95. The number of primary amides is 1. The standard InChI is InChI=1S/C24H38N4O5/c1-8-12-28(20(21(30)26-15(2)3)17-11-9-10-16(4)13-17)22(31)18(14-19(25)29)27-23(32)33-24(5,6)7/h9-11,13,15,18,20H,8,12,14H2,1-7H3,(H2,25,29)(H,26,30)(H,27,32). The van der Waals surface area contributed by atoms with Gasteiger partial charge in [-0.3, -0.25) is 14.4 Å². The van der Waals surface area contributed by atoms with Gasteiger partial charge in [0, 0.05) is 12.6 Å². The summed E-state index contributed by atoms with van der Waals surface area (Å²) < 4.78 is 5.25. The summed E-state index contributed by atoms with van der Waals surface area (Å²) in [7, 11) is 0. The predicted octanol–water partition coefficient (Wildman–Crippen LogP) is 2.57. The van der Waals surface area contributed by atoms with Crippen molar-refractivity contribution in [2.45, 2.75) is 85.0 Å². The molecule has 0 radical (unpaired) electrons. The summed E-state index contributed by atoms with van der Waals surface area (Å²) in [5.74, 6) is -1.71. The van der Waals surface area contributed by atoms with Crippen molar-refractivity contribution in [3.05, 3.63) is 35.4 Å². The van der Waals surface area contributed by atoms with E-state index >= 15 is 0 Å². The van der Waals surface area contributed by atoms with Gasteiger partial charge in [0.15, 0.2) is 0 Å². The van der Waals surface area contributed by atoms with Crippen LogP contribution in [0.4, 0.5) is 4.79 Å². The zero-order valence-electron chi connectivity index (χ0n) is 20.7. The molecule has 0 saturated carbocycles. The van der Waals surface area contributed by atoms with Crippen LogP contribution in [0.2, 0.25) is 0 Å². The number of alkyl carbamates (subject to hydrolysis) is 1. The van der Waals surface area contributed by atoms with E-state index in [9.17, 15) is 19.2 Å². The first-order valence-electron chi connectivity index (χ1n) is 11.2. The quantitative estimate of drug-likeness (QED) is 0.492. The lowest BCUT2D eigenvalue weighted by molar-refractivity contribution is -0.143. The minimum Gasteiger partial charge on any atom is -0.444 e. The van der Waals surface area contributed by atoms with Gasteiger partial charge in [0.1, 0.15) is 17.7 Å². The second-order valence-electron chi connectivity index (χ2n) is 9.38. The minimum atomic E-state index is -1.27. The maximum atomic E-state index is 13.6. The Kier molecular flexibility index (Phi) is 10.3. The zero-order chi connectivity index (χ0) is 25.3. The van der Waals surface area contributed by atoms with Gasteiger partial charge in [-0.1, -0.05) is 36.8 Å². The van der Waals surface area contributed by atoms with E-state index in [1.165, 1.54) is 4.90 Å². The van der Waals surface area contributed by atoms with Gasteiger partial charge in [0.25, 0.3) is 0 Å². The molecule has 0 aliphatic carbocycles. The van der Waals surface area contributed by atoms with Crippen LogP contribution in [0.1, 0.15) is 71.6 Å². The van der Waals surface area contributed by atoms with Crippen LogP contribution in [-0.2, 0) is 19.1 Å². The fraction of sp³-hybridized carbons (Fsp3) is 0.583. The fourth-order valence-electron chi connectivity index (χ4n) is 3.34. The van der Waals surface area contributed by atoms with Crippen LogP contribution in [0.15, 0.2) is 24.3 Å². The fourth-order valence-corrected chi connectivity index (χ4v) is 3.34. The summed E-state index contributed by atoms with van der Waals surface area (Å²) in [6.45, 7) is 12.7. The molecule has 2 unspecified atom stereocenters. The van der Waals surface area contributed by atoms with E-state index in [0.29, 0.717) is 12.0 Å². The van der Waals surface area contributed by atoms with E-state index < -0.39 is 42.0 Å². The van der Waals surface area contributed by atoms with Gasteiger partial charge < -0.3 is 26.0 Å². The van der Waals surface area contributed by atoms with E-state index in [2.05, 4.69) is 10.6 Å². The molecule has 1 aromatic rings. The second kappa shape index (κ2) is 12.2. The molecule has 4 N–H and O–H groups in total. The van der Waals surface area contributed by atoms with Gasteiger partial charge in [-0.15, -0.1) is 0 Å². The molecule has 0 fully saturated rings. The highest BCUT2D eigenvalue weighted by atomic mass is 16.6. The van der Waals surface area contributed by atoms with Crippen molar-refractivity contribution in [1.29, 1.82) is 0 Å². The largest absolute Gasteiger partial charge is 0.444 e. The molecule has 184 valence electrons. The van der Waals surface area contributed by atoms with Gasteiger partial charge in [-0.25, -0.2) is 4.79 Å². The number of nitrogens with two attached hydrogens (primary N) is 1. The van der Waals surface area contributed by atoms with E-state index in [4.69, 9.17) is 10.5 Å². The molecule has 33 heavy (non-hydrogen) atoms. The number of carbonyl (C=O) groups excluding carboxylic acids is 4. The van der Waals surface area contributed by atoms with Gasteiger partial charge in [0.05, 0.1) is 6.42 Å². The number of carbonyl (C=O) groups is 4. The number of hydrogen-bond acceptors (Lipinski definition) is 5. The van der Waals surface area contributed by atoms with Gasteiger partial charge >= 0.3 is 6.09 Å². The Morgan fingerprint density at radius 1 is 1.12 bits per heavy atom. The van der Waals surface area contributed by atoms with Gasteiger partial charge in [0.2, 0.25) is 17.7 Å². The Morgan fingerprint density at radius 3 is 2.24 bits per heavy atom. The molecule has 1 aromatic carbocycles. The van der Waals surface area contributed by atoms with Crippen molar-refractivity contribution in [3.63, 3.8) is 0 Å². The summed E-state index contributed by atoms with van der Waals surface area (Å²) in [5, 5.41) is 5.33. The van der Waals surface area contributed by atoms with Crippen LogP contribution in [0, 0.1) is 6.92 Å². The topological polar surface area (TPSA) is 131 Å². The van der Waals surface area contributed by atoms with Gasteiger partial charge in [-0.05, 0) is 53.5 Å². The highest BCUT2D eigenvalue weighted by Crippen LogP contribution is 2.24. The smallest absolute Gasteiger partial charge is 0.408 e. The molecule has 0 heterocycles. The first kappa shape index (κ1) is 27.9. The van der Waals surface area contributed by atoms with Crippen molar-refractivity contribution < 1.29 is 23.9 Å². The number of nitrogens with one attached hydrogen (secondary N) is 2. The number of hydrogen-bond donors (Lipinski definition) is 3. The second-order valence-corrected chi connectivity index (χ2v) is 9.38. The predicted molar refractivity (Wildman–Crippen MR) is 126 cm³/mol. The van der Waals surface area contributed by atoms with E-state index in [1.807, 2.05) is 45.9 Å². The third kappa shape index (κ3) is 9.51. The number of nitrogens with zero attached hydrogens (tertiary/aromatic N) is 1. The summed E-state index contributed by atoms with van der Waals surface area (Å²) >= 11 is 0. The lowest BCUT2D eigenvalue weighted by Crippen LogP contribution is -2.54. The monoisotopic (exact) mass is 462 g/mol. The van der Waals surface area contributed by atoms with Crippen molar-refractivity contribution >= 4 is 23.8 Å². The summed E-state index contributed by atoms with van der Waals surface area (Å²) in [4.78, 5) is 52.3. The van der Waals surface area contributed by atoms with Crippen LogP contribution in [0.25, 0.3) is 0 Å². The highest BCUT2D eigenvalue weighted by molar-refractivity contribution is 5.94. The van der Waals surface area contributed by atoms with Crippen molar-refractivity contribution in [1.82, 2.24) is 15.5 Å². The molecule has 1 rings (SSSR count). The molecule has 9 heteroatoms. The number of aryl methyl sites for hydroxylation is 1. The first-order chi connectivity index (χ1) is 15.2. The molecular formula is C24H38N4O5. The van der Waals surface area contributed by atoms with E-state index in [-0.39, 0.29) is 18.5 Å². The Labute approximate surface area is 196 Å². The molecule has 0 spiro atoms. The lowest BCUT2D eigenvalue weighted by Gasteiger charge is -2.34. The van der Waals surface area contributed by atoms with E-state index in [0.717, 1.165) is 5.56 Å². The van der Waals surface area contributed by atoms with Crippen molar-refractivity contribution in [2.24, 2.45) is 5.73 Å². The Morgan fingerprint density at radius 2 is 1.76 bits per heavy atom. The Hall–Kier alpha value is -3.10. The zero-order valence-corrected chi connectivity index (χ0v) is 20.7. The van der Waals surface area contributed by atoms with Crippen molar-refractivity contribution in [2.75, 3.05) is 6.54 Å². The maximum absolute atomic E-state index is 13.6. The maximum Gasteiger partial charge on any atom is 0.408 e. The first-order valence-corrected chi connectivity index (χ1v) is 11.2. The number of rotatable bonds is 10. The molecule has 0 aliphatic rings. The summed E-state index contributed by atoms with van der Waals surface area (Å²) in [5.41, 5.74) is 6.12. The van der Waals surface area contributed by atoms with E-state index in [1.54, 1.807) is 26.8 Å². The number of benzene rings is 1. The average molecular weight is 463 g/mol. The molecule has 4 amide bonds. The molecule has 0 aliphatic heterocycles. The third-order valence-corrected chi connectivity index (χ3v) is 4.49. The van der Waals surface area contributed by atoms with Crippen LogP contribution < -0.4 is 16.4 Å². The van der Waals surface area contributed by atoms with Crippen LogP contribution in [0.3, 0.4) is 0 Å². The molecule has 0 aromatic heterocycles. The molecule has 0 saturated heterocycles. The third-order valence-electron chi connectivity index (χ3n) is 4.49. The SMILES string of the molecule is CCCN(C(=O)C(CC(N)=O)NC(=O)OC(C)(C)C)C(C(=O)NC(C)C)c1cccc(C)c1. The molecule has 0 bridgehead atoms. The number of amides is 4. The Bertz CT molecular complexity index is 848. The summed E-state index contributed by atoms with van der Waals surface area (Å²) in [6.07, 6.45) is -0.721. The Balaban J connectivity index is 3.41. The lowest BCUT2D eigenvalue weighted by atomic mass is 10.00. The highest BCUT2D eigenvalue weighted by Gasteiger charge is 2.36. The minimum absolute atomic E-state index is 0.148. The van der Waals surface area contributed by atoms with Crippen LogP contribution in [-0.4, -0.2) is 52.9 Å². The molecular weight excluding hydrogens is 424 g/mol. The van der Waals surface area contributed by atoms with Crippen molar-refractivity contribution in [3.8, 4) is 0 Å². The normalized spacial score (nSPS) is 13.1. The average Bonchev–Trinajstić information content (AvgIpc) is 2.64. The van der Waals surface area contributed by atoms with Crippen LogP contribution in [0.5, 0.6) is 0 Å². The molecule has 2 atom stereocenters.